The Bertz CT molecular complexity index is 897. The van der Waals surface area contributed by atoms with Crippen molar-refractivity contribution >= 4 is 34.8 Å². The van der Waals surface area contributed by atoms with Gasteiger partial charge in [0.15, 0.2) is 0 Å². The second-order valence-electron chi connectivity index (χ2n) is 6.58. The van der Waals surface area contributed by atoms with Crippen molar-refractivity contribution < 1.29 is 9.63 Å². The third-order valence-corrected chi connectivity index (χ3v) is 5.68. The zero-order valence-electron chi connectivity index (χ0n) is 14.1. The van der Waals surface area contributed by atoms with Crippen molar-refractivity contribution in [3.8, 4) is 0 Å². The molecule has 1 aliphatic carbocycles. The number of anilines is 1. The number of rotatable bonds is 3. The monoisotopic (exact) mass is 388 g/mol. The van der Waals surface area contributed by atoms with Crippen LogP contribution in [0, 0.1) is 5.92 Å². The van der Waals surface area contributed by atoms with Crippen LogP contribution in [0.3, 0.4) is 0 Å². The Morgan fingerprint density at radius 1 is 1.19 bits per heavy atom. The molecule has 134 valence electrons. The molecule has 4 rings (SSSR count). The van der Waals surface area contributed by atoms with Crippen molar-refractivity contribution in [1.29, 1.82) is 0 Å². The molecule has 2 aromatic carbocycles. The predicted molar refractivity (Wildman–Crippen MR) is 104 cm³/mol. The molecular formula is C20H18Cl2N2O2. The summed E-state index contributed by atoms with van der Waals surface area (Å²) in [7, 11) is 1.42. The Morgan fingerprint density at radius 3 is 2.81 bits per heavy atom. The van der Waals surface area contributed by atoms with Gasteiger partial charge in [0.1, 0.15) is 0 Å². The normalized spacial score (nSPS) is 23.1. The maximum atomic E-state index is 12.1. The Kier molecular flexibility index (Phi) is 4.65. The lowest BCUT2D eigenvalue weighted by Gasteiger charge is -2.38. The molecule has 0 unspecified atom stereocenters. The van der Waals surface area contributed by atoms with Crippen LogP contribution in [0.4, 0.5) is 5.69 Å². The molecule has 2 aromatic rings. The van der Waals surface area contributed by atoms with E-state index in [1.165, 1.54) is 7.11 Å². The summed E-state index contributed by atoms with van der Waals surface area (Å²) in [4.78, 5) is 16.8. The smallest absolute Gasteiger partial charge is 0.274 e. The highest BCUT2D eigenvalue weighted by Gasteiger charge is 2.38. The van der Waals surface area contributed by atoms with Gasteiger partial charge in [0.25, 0.3) is 5.91 Å². The summed E-state index contributed by atoms with van der Waals surface area (Å²) < 4.78 is 0. The van der Waals surface area contributed by atoms with Gasteiger partial charge in [-0.25, -0.2) is 5.48 Å². The van der Waals surface area contributed by atoms with Gasteiger partial charge in [-0.2, -0.15) is 0 Å². The molecule has 3 atom stereocenters. The average molecular weight is 389 g/mol. The molecule has 0 radical (unpaired) electrons. The number of fused-ring (bicyclic) bond motifs is 3. The van der Waals surface area contributed by atoms with Gasteiger partial charge in [-0.3, -0.25) is 9.63 Å². The van der Waals surface area contributed by atoms with E-state index in [2.05, 4.69) is 22.9 Å². The van der Waals surface area contributed by atoms with Gasteiger partial charge >= 0.3 is 0 Å². The quantitative estimate of drug-likeness (QED) is 0.567. The van der Waals surface area contributed by atoms with Crippen LogP contribution < -0.4 is 10.8 Å². The molecule has 2 aliphatic rings. The summed E-state index contributed by atoms with van der Waals surface area (Å²) in [5, 5.41) is 4.91. The van der Waals surface area contributed by atoms with E-state index in [-0.39, 0.29) is 17.9 Å². The first-order chi connectivity index (χ1) is 12.6. The Morgan fingerprint density at radius 2 is 2.04 bits per heavy atom. The lowest BCUT2D eigenvalue weighted by molar-refractivity contribution is 0.0537. The fraction of sp³-hybridized carbons (Fsp3) is 0.250. The second kappa shape index (κ2) is 6.95. The molecule has 0 aromatic heterocycles. The minimum atomic E-state index is -0.253. The largest absolute Gasteiger partial charge is 0.378 e. The predicted octanol–water partition coefficient (Wildman–Crippen LogP) is 5.11. The Hall–Kier alpha value is -2.01. The van der Waals surface area contributed by atoms with Crippen LogP contribution in [0.5, 0.6) is 0 Å². The average Bonchev–Trinajstić information content (AvgIpc) is 3.11. The van der Waals surface area contributed by atoms with E-state index < -0.39 is 0 Å². The van der Waals surface area contributed by atoms with E-state index in [1.807, 2.05) is 24.3 Å². The Balaban J connectivity index is 1.73. The first kappa shape index (κ1) is 17.4. The third-order valence-electron chi connectivity index (χ3n) is 5.12. The molecule has 6 heteroatoms. The summed E-state index contributed by atoms with van der Waals surface area (Å²) in [5.74, 6) is 0.317. The Labute approximate surface area is 162 Å². The van der Waals surface area contributed by atoms with Crippen LogP contribution >= 0.6 is 23.2 Å². The lowest BCUT2D eigenvalue weighted by Crippen LogP contribution is -2.30. The standard InChI is InChI=1S/C20H18Cl2N2O2/c1-26-24-20(25)11-5-8-18-16(9-11)13-3-2-4-14(13)19(23-18)15-7-6-12(21)10-17(15)22/h2-3,5-10,13-14,19,23H,4H2,1H3,(H,24,25)/t13-,14+,19+/m1/s1. The molecule has 1 amide bonds. The lowest BCUT2D eigenvalue weighted by atomic mass is 9.76. The van der Waals surface area contributed by atoms with Gasteiger partial charge in [0.05, 0.1) is 13.2 Å². The van der Waals surface area contributed by atoms with Crippen LogP contribution in [-0.2, 0) is 4.84 Å². The van der Waals surface area contributed by atoms with Crippen LogP contribution in [0.25, 0.3) is 0 Å². The van der Waals surface area contributed by atoms with Gasteiger partial charge in [-0.15, -0.1) is 0 Å². The van der Waals surface area contributed by atoms with Gasteiger partial charge in [-0.05, 0) is 53.8 Å². The zero-order chi connectivity index (χ0) is 18.3. The minimum absolute atomic E-state index is 0.0888. The van der Waals surface area contributed by atoms with Gasteiger partial charge in [-0.1, -0.05) is 41.4 Å². The van der Waals surface area contributed by atoms with Crippen molar-refractivity contribution in [1.82, 2.24) is 5.48 Å². The highest BCUT2D eigenvalue weighted by Crippen LogP contribution is 2.51. The van der Waals surface area contributed by atoms with E-state index in [0.29, 0.717) is 21.5 Å². The van der Waals surface area contributed by atoms with Gasteiger partial charge in [0.2, 0.25) is 0 Å². The van der Waals surface area contributed by atoms with Crippen molar-refractivity contribution in [2.75, 3.05) is 12.4 Å². The first-order valence-electron chi connectivity index (χ1n) is 8.44. The third kappa shape index (κ3) is 2.98. The molecule has 0 spiro atoms. The summed E-state index contributed by atoms with van der Waals surface area (Å²) in [6, 6.07) is 11.4. The number of carbonyl (C=O) groups is 1. The maximum Gasteiger partial charge on any atom is 0.274 e. The SMILES string of the molecule is CONC(=O)c1ccc2c(c1)[C@@H]1C=CC[C@@H]1[C@@H](c1ccc(Cl)cc1Cl)N2. The molecular weight excluding hydrogens is 371 g/mol. The van der Waals surface area contributed by atoms with E-state index >= 15 is 0 Å². The summed E-state index contributed by atoms with van der Waals surface area (Å²) in [6.45, 7) is 0. The molecule has 2 N–H and O–H groups in total. The summed E-state index contributed by atoms with van der Waals surface area (Å²) in [5.41, 5.74) is 6.13. The molecule has 1 heterocycles. The van der Waals surface area contributed by atoms with Crippen molar-refractivity contribution in [3.63, 3.8) is 0 Å². The fourth-order valence-corrected chi connectivity index (χ4v) is 4.47. The molecule has 0 saturated heterocycles. The summed E-state index contributed by atoms with van der Waals surface area (Å²) in [6.07, 6.45) is 5.37. The van der Waals surface area contributed by atoms with Gasteiger partial charge < -0.3 is 5.32 Å². The topological polar surface area (TPSA) is 50.4 Å². The molecule has 0 bridgehead atoms. The number of hydrogen-bond donors (Lipinski definition) is 2. The van der Waals surface area contributed by atoms with Crippen LogP contribution in [0.15, 0.2) is 48.6 Å². The summed E-state index contributed by atoms with van der Waals surface area (Å²) >= 11 is 12.5. The maximum absolute atomic E-state index is 12.1. The van der Waals surface area contributed by atoms with E-state index in [1.54, 1.807) is 12.1 Å². The van der Waals surface area contributed by atoms with Crippen LogP contribution in [-0.4, -0.2) is 13.0 Å². The molecule has 4 nitrogen and oxygen atoms in total. The number of halogens is 2. The number of benzene rings is 2. The number of nitrogens with one attached hydrogen (secondary N) is 2. The fourth-order valence-electron chi connectivity index (χ4n) is 3.95. The molecule has 0 fully saturated rings. The van der Waals surface area contributed by atoms with Crippen LogP contribution in [0.2, 0.25) is 10.0 Å². The number of hydroxylamine groups is 1. The zero-order valence-corrected chi connectivity index (χ0v) is 15.6. The van der Waals surface area contributed by atoms with Gasteiger partial charge in [0, 0.05) is 27.2 Å². The van der Waals surface area contributed by atoms with Crippen molar-refractivity contribution in [2.45, 2.75) is 18.4 Å². The molecule has 26 heavy (non-hydrogen) atoms. The number of amides is 1. The number of hydrogen-bond acceptors (Lipinski definition) is 3. The molecule has 0 saturated carbocycles. The highest BCUT2D eigenvalue weighted by molar-refractivity contribution is 6.35. The first-order valence-corrected chi connectivity index (χ1v) is 9.19. The minimum Gasteiger partial charge on any atom is -0.378 e. The van der Waals surface area contributed by atoms with Crippen LogP contribution in [0.1, 0.15) is 39.9 Å². The number of carbonyl (C=O) groups excluding carboxylic acids is 1. The van der Waals surface area contributed by atoms with E-state index in [4.69, 9.17) is 28.0 Å². The van der Waals surface area contributed by atoms with Crippen molar-refractivity contribution in [2.24, 2.45) is 5.92 Å². The van der Waals surface area contributed by atoms with Crippen molar-refractivity contribution in [3.05, 3.63) is 75.3 Å². The molecule has 1 aliphatic heterocycles. The van der Waals surface area contributed by atoms with E-state index in [0.717, 1.165) is 23.2 Å². The highest BCUT2D eigenvalue weighted by atomic mass is 35.5. The second-order valence-corrected chi connectivity index (χ2v) is 7.42. The van der Waals surface area contributed by atoms with E-state index in [9.17, 15) is 4.79 Å². The number of allylic oxidation sites excluding steroid dienone is 2.